The molecule has 0 saturated carbocycles. The third-order valence-corrected chi connectivity index (χ3v) is 1.59. The molecular formula is C4H4OS2. The first-order chi connectivity index (χ1) is 3.29. The molecule has 0 aliphatic carbocycles. The van der Waals surface area contributed by atoms with Gasteiger partial charge in [0.1, 0.15) is 6.26 Å². The van der Waals surface area contributed by atoms with Crippen molar-refractivity contribution in [1.29, 1.82) is 0 Å². The standard InChI is InChI=1S/C4H4OS2/c1-3-2-5-4(6)7-3/h2H,1H3. The number of hydrogen-bond donors (Lipinski definition) is 0. The fourth-order valence-electron chi connectivity index (χ4n) is 0.311. The fourth-order valence-corrected chi connectivity index (χ4v) is 1.21. The van der Waals surface area contributed by atoms with Crippen molar-refractivity contribution in [3.63, 3.8) is 0 Å². The number of aryl methyl sites for hydroxylation is 1. The fraction of sp³-hybridized carbons (Fsp3) is 0.250. The van der Waals surface area contributed by atoms with Crippen LogP contribution in [-0.4, -0.2) is 0 Å². The molecule has 1 aromatic rings. The van der Waals surface area contributed by atoms with Crippen LogP contribution in [0.1, 0.15) is 4.88 Å². The molecule has 0 saturated heterocycles. The van der Waals surface area contributed by atoms with E-state index in [1.54, 1.807) is 6.26 Å². The highest BCUT2D eigenvalue weighted by Crippen LogP contribution is 2.08. The molecule has 1 nitrogen and oxygen atoms in total. The van der Waals surface area contributed by atoms with Crippen LogP contribution >= 0.6 is 23.6 Å². The van der Waals surface area contributed by atoms with E-state index in [2.05, 4.69) is 12.2 Å². The lowest BCUT2D eigenvalue weighted by Gasteiger charge is -1.61. The molecule has 1 rings (SSSR count). The van der Waals surface area contributed by atoms with Crippen LogP contribution in [-0.2, 0) is 0 Å². The van der Waals surface area contributed by atoms with Gasteiger partial charge in [-0.25, -0.2) is 0 Å². The molecule has 0 unspecified atom stereocenters. The lowest BCUT2D eigenvalue weighted by molar-refractivity contribution is 0.556. The van der Waals surface area contributed by atoms with Crippen molar-refractivity contribution >= 4 is 23.6 Å². The second-order valence-electron chi connectivity index (χ2n) is 1.20. The quantitative estimate of drug-likeness (QED) is 0.503. The first-order valence-electron chi connectivity index (χ1n) is 1.84. The summed E-state index contributed by atoms with van der Waals surface area (Å²) in [7, 11) is 0. The van der Waals surface area contributed by atoms with Crippen LogP contribution in [0.5, 0.6) is 0 Å². The average Bonchev–Trinajstić information content (AvgIpc) is 1.87. The molecule has 0 N–H and O–H groups in total. The van der Waals surface area contributed by atoms with Crippen LogP contribution in [0, 0.1) is 10.9 Å². The van der Waals surface area contributed by atoms with Gasteiger partial charge in [0.15, 0.2) is 0 Å². The average molecular weight is 132 g/mol. The van der Waals surface area contributed by atoms with Gasteiger partial charge in [-0.2, -0.15) is 0 Å². The van der Waals surface area contributed by atoms with Gasteiger partial charge in [-0.15, -0.1) is 0 Å². The highest BCUT2D eigenvalue weighted by atomic mass is 32.1. The zero-order valence-electron chi connectivity index (χ0n) is 3.80. The summed E-state index contributed by atoms with van der Waals surface area (Å²) in [5.41, 5.74) is 0. The Bertz CT molecular complexity index is 197. The summed E-state index contributed by atoms with van der Waals surface area (Å²) in [4.78, 5) is 1.13. The minimum atomic E-state index is 0.609. The van der Waals surface area contributed by atoms with Crippen LogP contribution in [0.25, 0.3) is 0 Å². The maximum atomic E-state index is 4.80. The van der Waals surface area contributed by atoms with Gasteiger partial charge in [-0.1, -0.05) is 11.3 Å². The lowest BCUT2D eigenvalue weighted by Crippen LogP contribution is -1.43. The Morgan fingerprint density at radius 2 is 2.57 bits per heavy atom. The normalized spacial score (nSPS) is 9.29. The molecular weight excluding hydrogens is 128 g/mol. The SMILES string of the molecule is Cc1coc(=S)s1. The topological polar surface area (TPSA) is 13.1 Å². The molecule has 1 aromatic heterocycles. The Morgan fingerprint density at radius 1 is 1.86 bits per heavy atom. The summed E-state index contributed by atoms with van der Waals surface area (Å²) in [6.07, 6.45) is 1.66. The monoisotopic (exact) mass is 132 g/mol. The zero-order valence-corrected chi connectivity index (χ0v) is 5.44. The molecule has 0 aliphatic rings. The van der Waals surface area contributed by atoms with Crippen LogP contribution in [0.4, 0.5) is 0 Å². The molecule has 7 heavy (non-hydrogen) atoms. The highest BCUT2D eigenvalue weighted by molar-refractivity contribution is 7.73. The smallest absolute Gasteiger partial charge is 0.247 e. The molecule has 0 aliphatic heterocycles. The summed E-state index contributed by atoms with van der Waals surface area (Å²) in [5, 5.41) is 0. The molecule has 38 valence electrons. The lowest BCUT2D eigenvalue weighted by atomic mass is 10.7. The third-order valence-electron chi connectivity index (χ3n) is 0.565. The van der Waals surface area contributed by atoms with E-state index < -0.39 is 0 Å². The first-order valence-corrected chi connectivity index (χ1v) is 3.07. The number of hydrogen-bond acceptors (Lipinski definition) is 3. The largest absolute Gasteiger partial charge is 0.444 e. The van der Waals surface area contributed by atoms with Gasteiger partial charge in [-0.05, 0) is 19.1 Å². The minimum absolute atomic E-state index is 0.609. The Hall–Kier alpha value is -0.150. The minimum Gasteiger partial charge on any atom is -0.444 e. The van der Waals surface area contributed by atoms with Crippen LogP contribution < -0.4 is 0 Å². The van der Waals surface area contributed by atoms with Gasteiger partial charge >= 0.3 is 0 Å². The molecule has 0 radical (unpaired) electrons. The summed E-state index contributed by atoms with van der Waals surface area (Å²) in [6.45, 7) is 1.96. The molecule has 0 atom stereocenters. The maximum Gasteiger partial charge on any atom is 0.247 e. The van der Waals surface area contributed by atoms with Gasteiger partial charge in [0.05, 0.1) is 0 Å². The third kappa shape index (κ3) is 1.11. The van der Waals surface area contributed by atoms with Crippen LogP contribution in [0.2, 0.25) is 0 Å². The molecule has 0 aromatic carbocycles. The van der Waals surface area contributed by atoms with Gasteiger partial charge in [0.2, 0.25) is 4.02 Å². The van der Waals surface area contributed by atoms with Crippen molar-refractivity contribution in [1.82, 2.24) is 0 Å². The van der Waals surface area contributed by atoms with Crippen molar-refractivity contribution in [2.45, 2.75) is 6.92 Å². The van der Waals surface area contributed by atoms with Crippen molar-refractivity contribution in [3.8, 4) is 0 Å². The van der Waals surface area contributed by atoms with E-state index in [0.717, 1.165) is 4.88 Å². The first kappa shape index (κ1) is 5.00. The highest BCUT2D eigenvalue weighted by Gasteiger charge is 1.83. The van der Waals surface area contributed by atoms with E-state index in [1.807, 2.05) is 6.92 Å². The predicted molar refractivity (Wildman–Crippen MR) is 32.2 cm³/mol. The molecule has 1 heterocycles. The Balaban J connectivity index is 3.30. The Kier molecular flexibility index (Phi) is 1.25. The molecule has 0 spiro atoms. The van der Waals surface area contributed by atoms with Gasteiger partial charge in [0.25, 0.3) is 0 Å². The van der Waals surface area contributed by atoms with Crippen LogP contribution in [0.3, 0.4) is 0 Å². The molecule has 3 heteroatoms. The number of rotatable bonds is 0. The van der Waals surface area contributed by atoms with Gasteiger partial charge in [0, 0.05) is 4.88 Å². The van der Waals surface area contributed by atoms with Gasteiger partial charge in [-0.3, -0.25) is 0 Å². The summed E-state index contributed by atoms with van der Waals surface area (Å²) >= 11 is 6.18. The maximum absolute atomic E-state index is 4.80. The second-order valence-corrected chi connectivity index (χ2v) is 3.05. The predicted octanol–water partition coefficient (Wildman–Crippen LogP) is 2.38. The van der Waals surface area contributed by atoms with E-state index in [0.29, 0.717) is 4.02 Å². The van der Waals surface area contributed by atoms with Crippen molar-refractivity contribution in [3.05, 3.63) is 15.2 Å². The van der Waals surface area contributed by atoms with E-state index in [1.165, 1.54) is 11.3 Å². The Labute approximate surface area is 50.6 Å². The summed E-state index contributed by atoms with van der Waals surface area (Å²) < 4.78 is 5.41. The molecule has 0 amide bonds. The van der Waals surface area contributed by atoms with Crippen LogP contribution in [0.15, 0.2) is 10.7 Å². The summed E-state index contributed by atoms with van der Waals surface area (Å²) in [6, 6.07) is 0. The van der Waals surface area contributed by atoms with E-state index >= 15 is 0 Å². The van der Waals surface area contributed by atoms with Crippen molar-refractivity contribution in [2.75, 3.05) is 0 Å². The second kappa shape index (κ2) is 1.76. The van der Waals surface area contributed by atoms with E-state index in [9.17, 15) is 0 Å². The van der Waals surface area contributed by atoms with Crippen molar-refractivity contribution in [2.24, 2.45) is 0 Å². The summed E-state index contributed by atoms with van der Waals surface area (Å²) in [5.74, 6) is 0. The Morgan fingerprint density at radius 3 is 2.71 bits per heavy atom. The molecule has 0 bridgehead atoms. The van der Waals surface area contributed by atoms with Gasteiger partial charge < -0.3 is 4.42 Å². The molecule has 0 fully saturated rings. The zero-order chi connectivity index (χ0) is 5.28. The van der Waals surface area contributed by atoms with E-state index in [4.69, 9.17) is 4.42 Å². The van der Waals surface area contributed by atoms with Crippen molar-refractivity contribution < 1.29 is 4.42 Å². The van der Waals surface area contributed by atoms with E-state index in [-0.39, 0.29) is 0 Å².